The maximum atomic E-state index is 12.7. The molecule has 0 aliphatic rings. The first-order valence-electron chi connectivity index (χ1n) is 6.31. The second kappa shape index (κ2) is 8.53. The maximum Gasteiger partial charge on any atom is 0.330 e. The summed E-state index contributed by atoms with van der Waals surface area (Å²) in [5, 5.41) is 5.80. The first-order chi connectivity index (χ1) is 9.45. The van der Waals surface area contributed by atoms with Crippen molar-refractivity contribution in [3.63, 3.8) is 0 Å². The van der Waals surface area contributed by atoms with Gasteiger partial charge >= 0.3 is 12.3 Å². The number of rotatable bonds is 10. The van der Waals surface area contributed by atoms with E-state index in [0.29, 0.717) is 13.0 Å². The number of nitrogens with one attached hydrogen (secondary N) is 1. The van der Waals surface area contributed by atoms with Gasteiger partial charge in [0, 0.05) is 24.0 Å². The van der Waals surface area contributed by atoms with Crippen LogP contribution in [0.5, 0.6) is 0 Å². The van der Waals surface area contributed by atoms with E-state index in [4.69, 9.17) is 4.74 Å². The van der Waals surface area contributed by atoms with Crippen molar-refractivity contribution in [2.75, 3.05) is 19.8 Å². The molecule has 1 heterocycles. The van der Waals surface area contributed by atoms with Crippen LogP contribution in [0.1, 0.15) is 18.4 Å². The lowest BCUT2D eigenvalue weighted by molar-refractivity contribution is -0.167. The van der Waals surface area contributed by atoms with Gasteiger partial charge in [-0.3, -0.25) is 0 Å². The molecule has 0 bridgehead atoms. The lowest BCUT2D eigenvalue weighted by Crippen LogP contribution is -2.39. The van der Waals surface area contributed by atoms with E-state index in [1.165, 1.54) is 11.3 Å². The van der Waals surface area contributed by atoms with Crippen LogP contribution in [0.3, 0.4) is 0 Å². The van der Waals surface area contributed by atoms with Crippen molar-refractivity contribution in [3.8, 4) is 0 Å². The van der Waals surface area contributed by atoms with Gasteiger partial charge in [-0.1, -0.05) is 6.92 Å². The number of halogens is 4. The van der Waals surface area contributed by atoms with Crippen LogP contribution in [0, 0.1) is 0 Å². The Kier molecular flexibility index (Phi) is 7.39. The summed E-state index contributed by atoms with van der Waals surface area (Å²) in [4.78, 5) is 4.10. The Labute approximate surface area is 119 Å². The molecule has 0 aromatic carbocycles. The van der Waals surface area contributed by atoms with Crippen LogP contribution in [0.4, 0.5) is 17.6 Å². The van der Waals surface area contributed by atoms with Crippen molar-refractivity contribution in [2.24, 2.45) is 0 Å². The van der Waals surface area contributed by atoms with Gasteiger partial charge in [-0.2, -0.15) is 8.78 Å². The topological polar surface area (TPSA) is 34.1 Å². The molecule has 0 spiro atoms. The zero-order chi connectivity index (χ0) is 15.0. The summed E-state index contributed by atoms with van der Waals surface area (Å²) < 4.78 is 54.2. The normalized spacial score (nSPS) is 13.9. The molecule has 0 fully saturated rings. The van der Waals surface area contributed by atoms with E-state index in [0.717, 1.165) is 11.4 Å². The molecule has 3 nitrogen and oxygen atoms in total. The van der Waals surface area contributed by atoms with Gasteiger partial charge in [0.25, 0.3) is 0 Å². The first-order valence-corrected chi connectivity index (χ1v) is 7.19. The molecule has 1 rings (SSSR count). The molecule has 1 N–H and O–H groups in total. The van der Waals surface area contributed by atoms with Gasteiger partial charge in [0.15, 0.2) is 0 Å². The lowest BCUT2D eigenvalue weighted by Gasteiger charge is -2.20. The van der Waals surface area contributed by atoms with E-state index in [-0.39, 0.29) is 12.6 Å². The van der Waals surface area contributed by atoms with E-state index in [2.05, 4.69) is 10.3 Å². The largest absolute Gasteiger partial charge is 0.373 e. The van der Waals surface area contributed by atoms with E-state index in [1.807, 2.05) is 12.3 Å². The smallest absolute Gasteiger partial charge is 0.330 e. The predicted molar refractivity (Wildman–Crippen MR) is 69.7 cm³/mol. The van der Waals surface area contributed by atoms with Crippen LogP contribution < -0.4 is 5.32 Å². The van der Waals surface area contributed by atoms with Crippen LogP contribution in [-0.2, 0) is 11.2 Å². The molecule has 1 aromatic heterocycles. The van der Waals surface area contributed by atoms with Crippen LogP contribution in [-0.4, -0.2) is 43.1 Å². The molecule has 20 heavy (non-hydrogen) atoms. The second-order valence-corrected chi connectivity index (χ2v) is 5.34. The number of aromatic nitrogens is 1. The van der Waals surface area contributed by atoms with E-state index in [1.54, 1.807) is 6.20 Å². The van der Waals surface area contributed by atoms with Gasteiger partial charge in [0.05, 0.1) is 11.6 Å². The van der Waals surface area contributed by atoms with Gasteiger partial charge in [-0.25, -0.2) is 13.8 Å². The molecule has 116 valence electrons. The number of thiazole rings is 1. The van der Waals surface area contributed by atoms with Gasteiger partial charge < -0.3 is 10.1 Å². The molecule has 1 atom stereocenters. The van der Waals surface area contributed by atoms with Crippen LogP contribution >= 0.6 is 11.3 Å². The predicted octanol–water partition coefficient (Wildman–Crippen LogP) is 2.97. The van der Waals surface area contributed by atoms with Crippen molar-refractivity contribution in [3.05, 3.63) is 16.6 Å². The fourth-order valence-corrected chi connectivity index (χ4v) is 2.20. The van der Waals surface area contributed by atoms with E-state index >= 15 is 0 Å². The van der Waals surface area contributed by atoms with Gasteiger partial charge in [0.2, 0.25) is 0 Å². The highest BCUT2D eigenvalue weighted by Gasteiger charge is 2.41. The zero-order valence-electron chi connectivity index (χ0n) is 11.1. The van der Waals surface area contributed by atoms with Crippen LogP contribution in [0.15, 0.2) is 11.6 Å². The number of hydrogen-bond donors (Lipinski definition) is 1. The molecular weight excluding hydrogens is 296 g/mol. The van der Waals surface area contributed by atoms with Gasteiger partial charge in [-0.05, 0) is 13.0 Å². The van der Waals surface area contributed by atoms with Crippen LogP contribution in [0.25, 0.3) is 0 Å². The minimum atomic E-state index is -4.10. The highest BCUT2D eigenvalue weighted by molar-refractivity contribution is 7.09. The number of ether oxygens (including phenoxy) is 1. The summed E-state index contributed by atoms with van der Waals surface area (Å²) in [5.74, 6) is -4.10. The Morgan fingerprint density at radius 1 is 1.45 bits per heavy atom. The summed E-state index contributed by atoms with van der Waals surface area (Å²) in [6, 6.07) is -0.213. The summed E-state index contributed by atoms with van der Waals surface area (Å²) >= 11 is 1.45. The third-order valence-corrected chi connectivity index (χ3v) is 3.32. The number of hydrogen-bond acceptors (Lipinski definition) is 4. The Bertz CT molecular complexity index is 362. The second-order valence-electron chi connectivity index (χ2n) is 4.36. The molecule has 1 unspecified atom stereocenters. The first kappa shape index (κ1) is 17.3. The van der Waals surface area contributed by atoms with E-state index in [9.17, 15) is 17.6 Å². The van der Waals surface area contributed by atoms with Crippen LogP contribution in [0.2, 0.25) is 0 Å². The quantitative estimate of drug-likeness (QED) is 0.674. The average Bonchev–Trinajstić information content (AvgIpc) is 2.88. The maximum absolute atomic E-state index is 12.7. The molecule has 0 aliphatic heterocycles. The Morgan fingerprint density at radius 3 is 2.75 bits per heavy atom. The standard InChI is InChI=1S/C12H18F4N2OS/c1-2-3-17-9(6-10-18-4-5-20-10)7-19-8-12(15,16)11(13)14/h4-5,9,11,17H,2-3,6-8H2,1H3. The Balaban J connectivity index is 2.40. The monoisotopic (exact) mass is 314 g/mol. The van der Waals surface area contributed by atoms with Crippen molar-refractivity contribution in [1.29, 1.82) is 0 Å². The highest BCUT2D eigenvalue weighted by atomic mass is 32.1. The minimum absolute atomic E-state index is 0.0537. The lowest BCUT2D eigenvalue weighted by atomic mass is 10.2. The zero-order valence-corrected chi connectivity index (χ0v) is 11.9. The van der Waals surface area contributed by atoms with Crippen molar-refractivity contribution < 1.29 is 22.3 Å². The SMILES string of the molecule is CCCNC(COCC(F)(F)C(F)F)Cc1nccs1. The molecule has 0 radical (unpaired) electrons. The molecule has 0 saturated heterocycles. The fourth-order valence-electron chi connectivity index (χ4n) is 1.50. The molecule has 0 saturated carbocycles. The Hall–Kier alpha value is -0.730. The minimum Gasteiger partial charge on any atom is -0.373 e. The third-order valence-electron chi connectivity index (χ3n) is 2.52. The molecule has 1 aromatic rings. The summed E-state index contributed by atoms with van der Waals surface area (Å²) in [6.07, 6.45) is -0.647. The molecule has 8 heteroatoms. The number of nitrogens with zero attached hydrogens (tertiary/aromatic N) is 1. The summed E-state index contributed by atoms with van der Waals surface area (Å²) in [5.41, 5.74) is 0. The summed E-state index contributed by atoms with van der Waals surface area (Å²) in [7, 11) is 0. The number of alkyl halides is 4. The van der Waals surface area contributed by atoms with Gasteiger partial charge in [-0.15, -0.1) is 11.3 Å². The fraction of sp³-hybridized carbons (Fsp3) is 0.750. The summed E-state index contributed by atoms with van der Waals surface area (Å²) in [6.45, 7) is 1.35. The molecular formula is C12H18F4N2OS. The molecule has 0 amide bonds. The van der Waals surface area contributed by atoms with Gasteiger partial charge in [0.1, 0.15) is 6.61 Å². The van der Waals surface area contributed by atoms with Crippen molar-refractivity contribution in [1.82, 2.24) is 10.3 Å². The highest BCUT2D eigenvalue weighted by Crippen LogP contribution is 2.23. The molecule has 0 aliphatic carbocycles. The Morgan fingerprint density at radius 2 is 2.20 bits per heavy atom. The van der Waals surface area contributed by atoms with Crippen molar-refractivity contribution >= 4 is 11.3 Å². The third kappa shape index (κ3) is 6.15. The van der Waals surface area contributed by atoms with E-state index < -0.39 is 19.0 Å². The average molecular weight is 314 g/mol. The van der Waals surface area contributed by atoms with Crippen molar-refractivity contribution in [2.45, 2.75) is 38.2 Å².